The van der Waals surface area contributed by atoms with Gasteiger partial charge in [-0.25, -0.2) is 0 Å². The molecule has 5 N–H and O–H groups in total. The Hall–Kier alpha value is -1.58. The molecular weight excluding hydrogens is 669 g/mol. The summed E-state index contributed by atoms with van der Waals surface area (Å²) in [5.41, 5.74) is 7.03. The molecular formula is C38H76IN5O. The zero-order chi connectivity index (χ0) is 35.8. The van der Waals surface area contributed by atoms with Crippen molar-refractivity contribution in [3.05, 3.63) is 61.6 Å². The van der Waals surface area contributed by atoms with Crippen molar-refractivity contribution in [3.8, 4) is 0 Å². The minimum Gasteiger partial charge on any atom is -0.383 e. The first-order chi connectivity index (χ1) is 21.3. The van der Waals surface area contributed by atoms with Gasteiger partial charge in [0.25, 0.3) is 0 Å². The molecule has 2 unspecified atom stereocenters. The van der Waals surface area contributed by atoms with Gasteiger partial charge < -0.3 is 26.5 Å². The van der Waals surface area contributed by atoms with Gasteiger partial charge in [0.05, 0.1) is 11.9 Å². The van der Waals surface area contributed by atoms with Crippen LogP contribution in [-0.2, 0) is 4.79 Å². The predicted molar refractivity (Wildman–Crippen MR) is 214 cm³/mol. The summed E-state index contributed by atoms with van der Waals surface area (Å²) in [6, 6.07) is 0.768. The molecule has 2 atom stereocenters. The molecule has 0 aromatic carbocycles. The van der Waals surface area contributed by atoms with Crippen LogP contribution in [0.4, 0.5) is 0 Å². The highest BCUT2D eigenvalue weighted by molar-refractivity contribution is 14.1. The number of rotatable bonds is 12. The van der Waals surface area contributed by atoms with Gasteiger partial charge in [0, 0.05) is 35.2 Å². The molecule has 1 heterocycles. The Morgan fingerprint density at radius 2 is 1.51 bits per heavy atom. The highest BCUT2D eigenvalue weighted by Crippen LogP contribution is 2.28. The van der Waals surface area contributed by atoms with E-state index in [0.29, 0.717) is 12.5 Å². The number of alkyl halides is 1. The Kier molecular flexibility index (Phi) is 37.7. The lowest BCUT2D eigenvalue weighted by molar-refractivity contribution is -0.107. The molecule has 6 nitrogen and oxygen atoms in total. The number of halogens is 1. The summed E-state index contributed by atoms with van der Waals surface area (Å²) in [5.74, 6) is 1.79. The quantitative estimate of drug-likeness (QED) is 0.0525. The number of hydrogen-bond acceptors (Lipinski definition) is 6. The van der Waals surface area contributed by atoms with Crippen molar-refractivity contribution in [3.63, 3.8) is 0 Å². The van der Waals surface area contributed by atoms with E-state index in [1.807, 2.05) is 39.8 Å². The molecule has 2 aliphatic carbocycles. The molecule has 3 rings (SSSR count). The molecule has 0 aromatic rings. The van der Waals surface area contributed by atoms with E-state index in [-0.39, 0.29) is 11.5 Å². The van der Waals surface area contributed by atoms with E-state index in [1.54, 1.807) is 0 Å². The number of likely N-dealkylation sites (tertiary alicyclic amines) is 1. The largest absolute Gasteiger partial charge is 0.383 e. The Bertz CT molecular complexity index is 767. The topological polar surface area (TPSA) is 82.4 Å². The van der Waals surface area contributed by atoms with Gasteiger partial charge in [0.15, 0.2) is 0 Å². The first-order valence-electron chi connectivity index (χ1n) is 17.2. The number of aldehydes is 1. The lowest BCUT2D eigenvalue weighted by Crippen LogP contribution is -2.41. The molecule has 3 aliphatic rings. The zero-order valence-electron chi connectivity index (χ0n) is 31.5. The van der Waals surface area contributed by atoms with Crippen molar-refractivity contribution in [2.24, 2.45) is 17.1 Å². The predicted octanol–water partition coefficient (Wildman–Crippen LogP) is 9.16. The summed E-state index contributed by atoms with van der Waals surface area (Å²) in [5, 5.41) is 10.1. The summed E-state index contributed by atoms with van der Waals surface area (Å²) >= 11 is 2.45. The van der Waals surface area contributed by atoms with Crippen LogP contribution in [0.15, 0.2) is 61.6 Å². The highest BCUT2D eigenvalue weighted by atomic mass is 127. The van der Waals surface area contributed by atoms with Crippen LogP contribution in [0.3, 0.4) is 0 Å². The third-order valence-electron chi connectivity index (χ3n) is 6.55. The molecule has 7 heteroatoms. The van der Waals surface area contributed by atoms with Gasteiger partial charge in [0.1, 0.15) is 6.29 Å². The molecule has 0 aromatic heterocycles. The Balaban J connectivity index is -0.000000259. The maximum atomic E-state index is 9.17. The molecule has 1 saturated heterocycles. The van der Waals surface area contributed by atoms with E-state index in [1.165, 1.54) is 64.1 Å². The van der Waals surface area contributed by atoms with E-state index < -0.39 is 0 Å². The molecule has 0 spiro atoms. The van der Waals surface area contributed by atoms with Crippen molar-refractivity contribution in [2.75, 3.05) is 33.7 Å². The average molecular weight is 746 g/mol. The summed E-state index contributed by atoms with van der Waals surface area (Å²) in [4.78, 5) is 11.5. The number of hydrogen-bond donors (Lipinski definition) is 4. The van der Waals surface area contributed by atoms with E-state index in [0.717, 1.165) is 40.7 Å². The van der Waals surface area contributed by atoms with Gasteiger partial charge in [-0.05, 0) is 83.0 Å². The van der Waals surface area contributed by atoms with Gasteiger partial charge >= 0.3 is 0 Å². The summed E-state index contributed by atoms with van der Waals surface area (Å²) < 4.78 is 1.05. The van der Waals surface area contributed by atoms with Crippen LogP contribution in [0, 0.1) is 11.3 Å². The summed E-state index contributed by atoms with van der Waals surface area (Å²) in [6.45, 7) is 37.5. The second-order valence-corrected chi connectivity index (χ2v) is 13.8. The third-order valence-corrected chi connectivity index (χ3v) is 7.79. The monoisotopic (exact) mass is 746 g/mol. The van der Waals surface area contributed by atoms with Crippen molar-refractivity contribution in [1.29, 1.82) is 0 Å². The average Bonchev–Trinajstić information content (AvgIpc) is 3.97. The number of allylic oxidation sites excluding steroid dienone is 1. The fourth-order valence-corrected chi connectivity index (χ4v) is 3.86. The number of nitrogens with one attached hydrogen (secondary N) is 3. The van der Waals surface area contributed by atoms with Crippen LogP contribution < -0.4 is 21.7 Å². The Morgan fingerprint density at radius 3 is 1.80 bits per heavy atom. The standard InChI is InChI=1S/C13H24N2.C13H22N2.C3H5I.C3H6O.C3H8.C2H6.CH5N/c1-6-12(13(3,4)5)15-10(2)14-9-11-7-8-11;1-5-12(6-2)10-14-11(3)13-8-7-9-15(13)4;4-3-1-2-3;1-2-3-4;1-3-2;2*1-2/h6,11-12,14-15H,1-2,7-9H2,3-5H3;5-6,13-14H,1,3,7-10H2,2,4H3;3H,1-2H2;3H,2H2,1H3;3H2,1-2H3;1-2H3;2H2,1H3/b;12-6-;;;;;. The van der Waals surface area contributed by atoms with Crippen molar-refractivity contribution >= 4 is 28.9 Å². The van der Waals surface area contributed by atoms with Crippen molar-refractivity contribution < 1.29 is 4.79 Å². The lowest BCUT2D eigenvalue weighted by atomic mass is 9.87. The van der Waals surface area contributed by atoms with Crippen LogP contribution in [-0.4, -0.2) is 60.9 Å². The SMILES string of the molecule is C=C/C(=C/C)CNC(=C)C1CCCN1C.C=CC(NC(=C)NCC1CC1)C(C)(C)C.CC.CCC.CCC=O.CN.IC1CC1. The summed E-state index contributed by atoms with van der Waals surface area (Å²) in [6.07, 6.45) is 16.9. The van der Waals surface area contributed by atoms with E-state index >= 15 is 0 Å². The minimum atomic E-state index is 0.173. The van der Waals surface area contributed by atoms with Crippen molar-refractivity contribution in [1.82, 2.24) is 20.9 Å². The lowest BCUT2D eigenvalue weighted by Gasteiger charge is -2.30. The third kappa shape index (κ3) is 33.6. The molecule has 266 valence electrons. The van der Waals surface area contributed by atoms with Crippen LogP contribution in [0.25, 0.3) is 0 Å². The molecule has 1 aliphatic heterocycles. The maximum Gasteiger partial charge on any atom is 0.119 e. The van der Waals surface area contributed by atoms with E-state index in [2.05, 4.69) is 123 Å². The number of carbonyl (C=O) groups excluding carboxylic acids is 1. The van der Waals surface area contributed by atoms with Gasteiger partial charge in [-0.2, -0.15) is 0 Å². The Labute approximate surface area is 295 Å². The second kappa shape index (κ2) is 33.8. The molecule has 0 radical (unpaired) electrons. The Morgan fingerprint density at radius 1 is 1.02 bits per heavy atom. The second-order valence-electron chi connectivity index (χ2n) is 12.1. The molecule has 2 saturated carbocycles. The summed E-state index contributed by atoms with van der Waals surface area (Å²) in [7, 11) is 3.66. The van der Waals surface area contributed by atoms with Crippen LogP contribution in [0.5, 0.6) is 0 Å². The van der Waals surface area contributed by atoms with Gasteiger partial charge in [-0.1, -0.05) is 122 Å². The molecule has 0 amide bonds. The normalized spacial score (nSPS) is 17.2. The smallest absolute Gasteiger partial charge is 0.119 e. The van der Waals surface area contributed by atoms with Crippen molar-refractivity contribution in [2.45, 2.75) is 130 Å². The number of nitrogens with zero attached hydrogens (tertiary/aromatic N) is 1. The van der Waals surface area contributed by atoms with Gasteiger partial charge in [0.2, 0.25) is 0 Å². The zero-order valence-corrected chi connectivity index (χ0v) is 33.7. The van der Waals surface area contributed by atoms with E-state index in [4.69, 9.17) is 0 Å². The first kappa shape index (κ1) is 50.3. The van der Waals surface area contributed by atoms with Crippen LogP contribution >= 0.6 is 22.6 Å². The number of carbonyl (C=O) groups is 1. The van der Waals surface area contributed by atoms with E-state index in [9.17, 15) is 4.79 Å². The first-order valence-corrected chi connectivity index (χ1v) is 18.5. The minimum absolute atomic E-state index is 0.173. The molecule has 45 heavy (non-hydrogen) atoms. The fraction of sp³-hybridized carbons (Fsp3) is 0.711. The number of likely N-dealkylation sites (N-methyl/N-ethyl adjacent to an activating group) is 1. The van der Waals surface area contributed by atoms with Crippen LogP contribution in [0.1, 0.15) is 114 Å². The highest BCUT2D eigenvalue weighted by Gasteiger charge is 2.24. The molecule has 0 bridgehead atoms. The van der Waals surface area contributed by atoms with Gasteiger partial charge in [-0.3, -0.25) is 4.90 Å². The molecule has 3 fully saturated rings. The van der Waals surface area contributed by atoms with Crippen LogP contribution in [0.2, 0.25) is 0 Å². The fourth-order valence-electron chi connectivity index (χ4n) is 3.50. The van der Waals surface area contributed by atoms with Gasteiger partial charge in [-0.15, -0.1) is 6.58 Å². The maximum absolute atomic E-state index is 9.17. The number of nitrogens with two attached hydrogens (primary N) is 1.